The predicted octanol–water partition coefficient (Wildman–Crippen LogP) is 17.3. The van der Waals surface area contributed by atoms with Crippen molar-refractivity contribution in [1.82, 2.24) is 28.7 Å². The molecular weight excluding hydrogens is 927 g/mol. The Hall–Kier alpha value is -10.1. The Labute approximate surface area is 438 Å². The molecule has 76 heavy (non-hydrogen) atoms. The second-order valence-corrected chi connectivity index (χ2v) is 19.5. The van der Waals surface area contributed by atoms with Crippen LogP contribution in [0.15, 0.2) is 261 Å². The Kier molecular flexibility index (Phi) is 10.2. The quantitative estimate of drug-likeness (QED) is 0.157. The normalized spacial score (nSPS) is 12.8. The van der Waals surface area contributed by atoms with E-state index >= 15 is 0 Å². The molecule has 15 rings (SSSR count). The summed E-state index contributed by atoms with van der Waals surface area (Å²) in [7, 11) is 0. The summed E-state index contributed by atoms with van der Waals surface area (Å²) in [6.07, 6.45) is 6.28. The topological polar surface area (TPSA) is 65.5 Å². The number of benzene rings is 10. The van der Waals surface area contributed by atoms with E-state index in [4.69, 9.17) is 15.0 Å². The zero-order valence-corrected chi connectivity index (χ0v) is 41.3. The van der Waals surface area contributed by atoms with E-state index in [1.54, 1.807) is 0 Å². The van der Waals surface area contributed by atoms with Gasteiger partial charge in [-0.25, -0.2) is 15.0 Å². The van der Waals surface area contributed by atoms with E-state index < -0.39 is 0 Å². The maximum Gasteiger partial charge on any atom is 0.168 e. The molecule has 0 unspecified atom stereocenters. The van der Waals surface area contributed by atoms with Gasteiger partial charge < -0.3 is 19.0 Å². The lowest BCUT2D eigenvalue weighted by molar-refractivity contribution is 0.968. The van der Waals surface area contributed by atoms with Crippen molar-refractivity contribution in [2.75, 3.05) is 5.32 Å². The van der Waals surface area contributed by atoms with Crippen molar-refractivity contribution in [3.05, 3.63) is 266 Å². The number of anilines is 1. The summed E-state index contributed by atoms with van der Waals surface area (Å²) >= 11 is 0. The molecule has 7 nitrogen and oxygen atoms in total. The first kappa shape index (κ1) is 43.5. The lowest BCUT2D eigenvalue weighted by Crippen LogP contribution is -2.15. The molecule has 7 heteroatoms. The molecule has 0 aliphatic heterocycles. The fraction of sp³-hybridized carbons (Fsp3) is 0.0290. The SMILES string of the molecule is C1=CC(c2ccccc2)=C(Nc2cc(-n3c4ccccc4c4ccccc43)c(-n3c4ccccc4c4ccccc43)c(-c3nc(-c4ccccc4)nc(-c4ccccc4)n3)c2-n2c3ccccc3c3ccccc32)CC1. The van der Waals surface area contributed by atoms with E-state index in [1.807, 2.05) is 12.1 Å². The highest BCUT2D eigenvalue weighted by Crippen LogP contribution is 2.49. The molecule has 0 spiro atoms. The molecule has 14 aromatic rings. The van der Waals surface area contributed by atoms with Crippen LogP contribution in [0.2, 0.25) is 0 Å². The maximum absolute atomic E-state index is 5.75. The van der Waals surface area contributed by atoms with Crippen LogP contribution >= 0.6 is 0 Å². The van der Waals surface area contributed by atoms with Gasteiger partial charge in [0.15, 0.2) is 17.5 Å². The third kappa shape index (κ3) is 6.93. The van der Waals surface area contributed by atoms with E-state index in [2.05, 4.69) is 262 Å². The second-order valence-electron chi connectivity index (χ2n) is 19.5. The smallest absolute Gasteiger partial charge is 0.168 e. The molecule has 0 radical (unpaired) electrons. The summed E-state index contributed by atoms with van der Waals surface area (Å²) in [4.78, 5) is 16.8. The Bertz CT molecular complexity index is 4440. The van der Waals surface area contributed by atoms with Crippen LogP contribution in [0, 0.1) is 0 Å². The number of rotatable bonds is 9. The lowest BCUT2D eigenvalue weighted by atomic mass is 9.95. The Balaban J connectivity index is 1.22. The average molecular weight is 974 g/mol. The highest BCUT2D eigenvalue weighted by atomic mass is 15.1. The van der Waals surface area contributed by atoms with Gasteiger partial charge >= 0.3 is 0 Å². The molecular formula is C69H47N7. The number of para-hydroxylation sites is 6. The summed E-state index contributed by atoms with van der Waals surface area (Å²) in [6, 6.07) is 86.6. The summed E-state index contributed by atoms with van der Waals surface area (Å²) in [5, 5.41) is 11.2. The standard InChI is InChI=1S/C69H47N7/c1-4-24-45(25-5-1)48-30-10-17-37-55(48)70-56-44-63(74-57-38-18-11-31-49(57)50-32-12-19-39-58(50)74)66(76-61-42-22-15-35-53(61)54-36-16-23-43-62(54)76)64(65(56)75-59-40-20-13-33-51(59)52-34-14-21-41-60(52)75)69-72-67(46-26-6-2-7-27-46)71-68(73-69)47-28-8-3-9-29-47/h1-16,18-36,38-44,70H,17,37H2. The van der Waals surface area contributed by atoms with E-state index in [1.165, 1.54) is 0 Å². The van der Waals surface area contributed by atoms with Crippen molar-refractivity contribution < 1.29 is 0 Å². The van der Waals surface area contributed by atoms with Crippen molar-refractivity contribution in [3.8, 4) is 51.2 Å². The van der Waals surface area contributed by atoms with E-state index in [-0.39, 0.29) is 0 Å². The lowest BCUT2D eigenvalue weighted by Gasteiger charge is -2.28. The molecule has 4 heterocycles. The first-order chi connectivity index (χ1) is 37.7. The Morgan fingerprint density at radius 2 is 0.697 bits per heavy atom. The number of nitrogens with zero attached hydrogens (tertiary/aromatic N) is 6. The molecule has 358 valence electrons. The molecule has 1 N–H and O–H groups in total. The van der Waals surface area contributed by atoms with Crippen LogP contribution < -0.4 is 5.32 Å². The van der Waals surface area contributed by atoms with Crippen LogP contribution in [-0.4, -0.2) is 28.7 Å². The van der Waals surface area contributed by atoms with Crippen LogP contribution in [0.25, 0.3) is 122 Å². The van der Waals surface area contributed by atoms with Crippen molar-refractivity contribution in [2.24, 2.45) is 0 Å². The average Bonchev–Trinajstić information content (AvgIpc) is 4.28. The van der Waals surface area contributed by atoms with Gasteiger partial charge in [-0.2, -0.15) is 0 Å². The first-order valence-corrected chi connectivity index (χ1v) is 26.0. The van der Waals surface area contributed by atoms with Gasteiger partial charge in [0.2, 0.25) is 0 Å². The molecule has 10 aromatic carbocycles. The second kappa shape index (κ2) is 17.8. The van der Waals surface area contributed by atoms with Gasteiger partial charge in [0.1, 0.15) is 0 Å². The molecule has 4 aromatic heterocycles. The Morgan fingerprint density at radius 3 is 1.13 bits per heavy atom. The zero-order chi connectivity index (χ0) is 50.1. The predicted molar refractivity (Wildman–Crippen MR) is 315 cm³/mol. The maximum atomic E-state index is 5.75. The Morgan fingerprint density at radius 1 is 0.342 bits per heavy atom. The van der Waals surface area contributed by atoms with Gasteiger partial charge in [-0.3, -0.25) is 0 Å². The molecule has 1 aliphatic carbocycles. The van der Waals surface area contributed by atoms with E-state index in [9.17, 15) is 0 Å². The van der Waals surface area contributed by atoms with Gasteiger partial charge in [0, 0.05) is 54.7 Å². The number of aromatic nitrogens is 6. The molecule has 1 aliphatic rings. The highest BCUT2D eigenvalue weighted by Gasteiger charge is 2.32. The minimum Gasteiger partial charge on any atom is -0.357 e. The van der Waals surface area contributed by atoms with Crippen LogP contribution in [0.3, 0.4) is 0 Å². The van der Waals surface area contributed by atoms with Gasteiger partial charge in [-0.15, -0.1) is 0 Å². The van der Waals surface area contributed by atoms with Crippen molar-refractivity contribution in [3.63, 3.8) is 0 Å². The molecule has 0 amide bonds. The van der Waals surface area contributed by atoms with Gasteiger partial charge in [-0.1, -0.05) is 212 Å². The summed E-state index contributed by atoms with van der Waals surface area (Å²) in [5.41, 5.74) is 16.2. The first-order valence-electron chi connectivity index (χ1n) is 26.0. The minimum atomic E-state index is 0.535. The van der Waals surface area contributed by atoms with Gasteiger partial charge in [0.25, 0.3) is 0 Å². The van der Waals surface area contributed by atoms with Crippen molar-refractivity contribution >= 4 is 76.7 Å². The fourth-order valence-electron chi connectivity index (χ4n) is 11.9. The largest absolute Gasteiger partial charge is 0.357 e. The molecule has 0 saturated carbocycles. The van der Waals surface area contributed by atoms with E-state index in [0.717, 1.165) is 135 Å². The number of hydrogen-bond acceptors (Lipinski definition) is 4. The summed E-state index contributed by atoms with van der Waals surface area (Å²) < 4.78 is 7.41. The van der Waals surface area contributed by atoms with Crippen LogP contribution in [0.5, 0.6) is 0 Å². The third-order valence-electron chi connectivity index (χ3n) is 15.1. The minimum absolute atomic E-state index is 0.535. The van der Waals surface area contributed by atoms with Crippen molar-refractivity contribution in [2.45, 2.75) is 12.8 Å². The zero-order valence-electron chi connectivity index (χ0n) is 41.3. The molecule has 0 bridgehead atoms. The molecule has 0 saturated heterocycles. The fourth-order valence-corrected chi connectivity index (χ4v) is 11.9. The number of hydrogen-bond donors (Lipinski definition) is 1. The molecule has 0 atom stereocenters. The highest BCUT2D eigenvalue weighted by molar-refractivity contribution is 6.15. The van der Waals surface area contributed by atoms with Crippen molar-refractivity contribution in [1.29, 1.82) is 0 Å². The number of allylic oxidation sites excluding steroid dienone is 4. The number of fused-ring (bicyclic) bond motifs is 9. The number of nitrogens with one attached hydrogen (secondary N) is 1. The van der Waals surface area contributed by atoms with E-state index in [0.29, 0.717) is 17.5 Å². The van der Waals surface area contributed by atoms with Crippen LogP contribution in [-0.2, 0) is 0 Å². The summed E-state index contributed by atoms with van der Waals surface area (Å²) in [5.74, 6) is 1.69. The third-order valence-corrected chi connectivity index (χ3v) is 15.1. The van der Waals surface area contributed by atoms with Crippen LogP contribution in [0.4, 0.5) is 5.69 Å². The van der Waals surface area contributed by atoms with Gasteiger partial charge in [0.05, 0.1) is 61.4 Å². The summed E-state index contributed by atoms with van der Waals surface area (Å²) in [6.45, 7) is 0. The molecule has 0 fully saturated rings. The van der Waals surface area contributed by atoms with Gasteiger partial charge in [-0.05, 0) is 60.9 Å². The monoisotopic (exact) mass is 973 g/mol. The van der Waals surface area contributed by atoms with Crippen LogP contribution in [0.1, 0.15) is 18.4 Å².